The van der Waals surface area contributed by atoms with Crippen molar-refractivity contribution in [2.75, 3.05) is 17.9 Å². The highest BCUT2D eigenvalue weighted by Gasteiger charge is 2.19. The third-order valence-corrected chi connectivity index (χ3v) is 7.22. The van der Waals surface area contributed by atoms with E-state index in [0.717, 1.165) is 28.0 Å². The van der Waals surface area contributed by atoms with Gasteiger partial charge in [-0.05, 0) is 92.8 Å². The molecule has 3 aromatic rings. The molecule has 0 spiro atoms. The first-order valence-electron chi connectivity index (χ1n) is 10.8. The van der Waals surface area contributed by atoms with Crippen molar-refractivity contribution in [2.45, 2.75) is 39.5 Å². The fourth-order valence-corrected chi connectivity index (χ4v) is 4.68. The summed E-state index contributed by atoms with van der Waals surface area (Å²) in [4.78, 5) is 12.7. The molecule has 0 bridgehead atoms. The van der Waals surface area contributed by atoms with E-state index in [4.69, 9.17) is 4.74 Å². The molecule has 7 heteroatoms. The van der Waals surface area contributed by atoms with Gasteiger partial charge < -0.3 is 10.1 Å². The largest absolute Gasteiger partial charge is 0.491 e. The van der Waals surface area contributed by atoms with Crippen LogP contribution in [0, 0.1) is 34.6 Å². The molecule has 2 N–H and O–H groups in total. The normalized spacial score (nSPS) is 11.2. The van der Waals surface area contributed by atoms with Gasteiger partial charge in [0, 0.05) is 11.3 Å². The molecule has 6 nitrogen and oxygen atoms in total. The Labute approximate surface area is 196 Å². The predicted octanol–water partition coefficient (Wildman–Crippen LogP) is 4.84. The standard InChI is InChI=1S/C26H30N2O4S/c1-17-10-12-23(15-20(17)4)28-33(30,31)25-16-22(11-9-19(25)3)26(29)27-13-14-32-24-8-6-7-18(2)21(24)5/h6-12,15-16,28H,13-14H2,1-5H3,(H,27,29). The van der Waals surface area contributed by atoms with Gasteiger partial charge >= 0.3 is 0 Å². The van der Waals surface area contributed by atoms with E-state index in [-0.39, 0.29) is 16.4 Å². The molecule has 0 unspecified atom stereocenters. The van der Waals surface area contributed by atoms with Crippen molar-refractivity contribution in [3.05, 3.63) is 88.0 Å². The van der Waals surface area contributed by atoms with Gasteiger partial charge in [-0.25, -0.2) is 8.42 Å². The van der Waals surface area contributed by atoms with Crippen molar-refractivity contribution in [3.8, 4) is 5.75 Å². The van der Waals surface area contributed by atoms with Crippen LogP contribution in [0.25, 0.3) is 0 Å². The lowest BCUT2D eigenvalue weighted by Crippen LogP contribution is -2.28. The van der Waals surface area contributed by atoms with Crippen LogP contribution in [0.2, 0.25) is 0 Å². The van der Waals surface area contributed by atoms with E-state index < -0.39 is 10.0 Å². The molecule has 0 fully saturated rings. The van der Waals surface area contributed by atoms with Crippen LogP contribution in [-0.4, -0.2) is 27.5 Å². The molecule has 0 radical (unpaired) electrons. The number of nitrogens with one attached hydrogen (secondary N) is 2. The maximum atomic E-state index is 13.0. The smallest absolute Gasteiger partial charge is 0.262 e. The lowest BCUT2D eigenvalue weighted by atomic mass is 10.1. The summed E-state index contributed by atoms with van der Waals surface area (Å²) in [6, 6.07) is 15.9. The van der Waals surface area contributed by atoms with Gasteiger partial charge in [-0.1, -0.05) is 24.3 Å². The summed E-state index contributed by atoms with van der Waals surface area (Å²) in [5.74, 6) is 0.424. The molecule has 174 valence electrons. The first-order valence-corrected chi connectivity index (χ1v) is 12.2. The molecule has 33 heavy (non-hydrogen) atoms. The number of sulfonamides is 1. The van der Waals surface area contributed by atoms with E-state index in [1.165, 1.54) is 6.07 Å². The monoisotopic (exact) mass is 466 g/mol. The maximum Gasteiger partial charge on any atom is 0.262 e. The number of carbonyl (C=O) groups excluding carboxylic acids is 1. The number of rotatable bonds is 8. The molecule has 3 rings (SSSR count). The highest BCUT2D eigenvalue weighted by molar-refractivity contribution is 7.92. The first-order chi connectivity index (χ1) is 15.6. The van der Waals surface area contributed by atoms with Gasteiger partial charge in [-0.15, -0.1) is 0 Å². The van der Waals surface area contributed by atoms with Gasteiger partial charge in [0.25, 0.3) is 15.9 Å². The minimum atomic E-state index is -3.85. The Morgan fingerprint density at radius 1 is 0.848 bits per heavy atom. The summed E-state index contributed by atoms with van der Waals surface area (Å²) >= 11 is 0. The fourth-order valence-electron chi connectivity index (χ4n) is 3.35. The summed E-state index contributed by atoms with van der Waals surface area (Å²) < 4.78 is 34.4. The minimum absolute atomic E-state index is 0.0695. The molecular formula is C26H30N2O4S. The molecule has 0 saturated heterocycles. The number of benzene rings is 3. The lowest BCUT2D eigenvalue weighted by molar-refractivity contribution is 0.0946. The second-order valence-corrected chi connectivity index (χ2v) is 9.84. The molecule has 0 heterocycles. The average molecular weight is 467 g/mol. The minimum Gasteiger partial charge on any atom is -0.491 e. The average Bonchev–Trinajstić information content (AvgIpc) is 2.76. The number of anilines is 1. The number of hydrogen-bond donors (Lipinski definition) is 2. The fraction of sp³-hybridized carbons (Fsp3) is 0.269. The molecular weight excluding hydrogens is 436 g/mol. The van der Waals surface area contributed by atoms with Crippen molar-refractivity contribution in [2.24, 2.45) is 0 Å². The Balaban J connectivity index is 1.67. The SMILES string of the molecule is Cc1ccc(NS(=O)(=O)c2cc(C(=O)NCCOc3cccc(C)c3C)ccc2C)cc1C. The van der Waals surface area contributed by atoms with E-state index in [0.29, 0.717) is 24.4 Å². The van der Waals surface area contributed by atoms with Crippen LogP contribution in [0.5, 0.6) is 5.75 Å². The Morgan fingerprint density at radius 2 is 1.58 bits per heavy atom. The number of ether oxygens (including phenoxy) is 1. The van der Waals surface area contributed by atoms with E-state index in [9.17, 15) is 13.2 Å². The third kappa shape index (κ3) is 5.93. The van der Waals surface area contributed by atoms with Crippen LogP contribution >= 0.6 is 0 Å². The van der Waals surface area contributed by atoms with Gasteiger partial charge in [-0.3, -0.25) is 9.52 Å². The van der Waals surface area contributed by atoms with Gasteiger partial charge in [0.05, 0.1) is 11.4 Å². The highest BCUT2D eigenvalue weighted by atomic mass is 32.2. The van der Waals surface area contributed by atoms with Crippen molar-refractivity contribution in [3.63, 3.8) is 0 Å². The highest BCUT2D eigenvalue weighted by Crippen LogP contribution is 2.23. The van der Waals surface area contributed by atoms with Crippen LogP contribution in [-0.2, 0) is 10.0 Å². The van der Waals surface area contributed by atoms with Crippen LogP contribution < -0.4 is 14.8 Å². The van der Waals surface area contributed by atoms with Crippen LogP contribution in [0.1, 0.15) is 38.2 Å². The Kier molecular flexibility index (Phi) is 7.43. The topological polar surface area (TPSA) is 84.5 Å². The first kappa shape index (κ1) is 24.3. The van der Waals surface area contributed by atoms with Crippen molar-refractivity contribution in [1.29, 1.82) is 0 Å². The zero-order valence-electron chi connectivity index (χ0n) is 19.7. The molecule has 1 amide bonds. The molecule has 0 atom stereocenters. The maximum absolute atomic E-state index is 13.0. The predicted molar refractivity (Wildman–Crippen MR) is 132 cm³/mol. The number of amides is 1. The van der Waals surface area contributed by atoms with E-state index in [2.05, 4.69) is 10.0 Å². The zero-order chi connectivity index (χ0) is 24.2. The molecule has 3 aromatic carbocycles. The van der Waals surface area contributed by atoms with E-state index in [1.54, 1.807) is 31.2 Å². The zero-order valence-corrected chi connectivity index (χ0v) is 20.5. The summed E-state index contributed by atoms with van der Waals surface area (Å²) in [6.45, 7) is 10.2. The van der Waals surface area contributed by atoms with Crippen molar-refractivity contribution in [1.82, 2.24) is 5.32 Å². The van der Waals surface area contributed by atoms with Crippen LogP contribution in [0.15, 0.2) is 59.5 Å². The van der Waals surface area contributed by atoms with E-state index >= 15 is 0 Å². The second-order valence-electron chi connectivity index (χ2n) is 8.19. The quantitative estimate of drug-likeness (QED) is 0.465. The summed E-state index contributed by atoms with van der Waals surface area (Å²) in [6.07, 6.45) is 0. The molecule has 0 aliphatic carbocycles. The van der Waals surface area contributed by atoms with Gasteiger partial charge in [0.2, 0.25) is 0 Å². The molecule has 0 saturated carbocycles. The number of carbonyl (C=O) groups is 1. The number of aryl methyl sites for hydroxylation is 4. The van der Waals surface area contributed by atoms with Crippen LogP contribution in [0.3, 0.4) is 0 Å². The molecule has 0 aliphatic rings. The molecule has 0 aliphatic heterocycles. The number of hydrogen-bond acceptors (Lipinski definition) is 4. The molecule has 0 aromatic heterocycles. The second kappa shape index (κ2) is 10.1. The Morgan fingerprint density at radius 3 is 2.30 bits per heavy atom. The summed E-state index contributed by atoms with van der Waals surface area (Å²) in [5.41, 5.74) is 5.58. The van der Waals surface area contributed by atoms with Gasteiger partial charge in [0.15, 0.2) is 0 Å². The lowest BCUT2D eigenvalue weighted by Gasteiger charge is -2.14. The summed E-state index contributed by atoms with van der Waals surface area (Å²) in [7, 11) is -3.85. The van der Waals surface area contributed by atoms with Crippen molar-refractivity contribution >= 4 is 21.6 Å². The van der Waals surface area contributed by atoms with Gasteiger partial charge in [-0.2, -0.15) is 0 Å². The Hall–Kier alpha value is -3.32. The Bertz CT molecular complexity index is 1280. The third-order valence-electron chi connectivity index (χ3n) is 5.70. The van der Waals surface area contributed by atoms with Gasteiger partial charge in [0.1, 0.15) is 12.4 Å². The van der Waals surface area contributed by atoms with Crippen LogP contribution in [0.4, 0.5) is 5.69 Å². The summed E-state index contributed by atoms with van der Waals surface area (Å²) in [5, 5.41) is 2.79. The van der Waals surface area contributed by atoms with Crippen molar-refractivity contribution < 1.29 is 17.9 Å². The van der Waals surface area contributed by atoms with E-state index in [1.807, 2.05) is 52.0 Å².